The Morgan fingerprint density at radius 1 is 1.33 bits per heavy atom. The number of fused-ring (bicyclic) bond motifs is 1. The van der Waals surface area contributed by atoms with E-state index >= 15 is 0 Å². The summed E-state index contributed by atoms with van der Waals surface area (Å²) >= 11 is 1.16. The van der Waals surface area contributed by atoms with Crippen LogP contribution in [0.3, 0.4) is 0 Å². The highest BCUT2D eigenvalue weighted by Gasteiger charge is 2.20. The van der Waals surface area contributed by atoms with Crippen molar-refractivity contribution < 1.29 is 14.0 Å². The van der Waals surface area contributed by atoms with Crippen LogP contribution < -0.4 is 16.2 Å². The molecule has 0 spiro atoms. The zero-order chi connectivity index (χ0) is 19.4. The summed E-state index contributed by atoms with van der Waals surface area (Å²) < 4.78 is 6.46. The van der Waals surface area contributed by atoms with Crippen LogP contribution in [-0.4, -0.2) is 27.9 Å². The summed E-state index contributed by atoms with van der Waals surface area (Å²) in [5.41, 5.74) is 0.234. The van der Waals surface area contributed by atoms with E-state index < -0.39 is 0 Å². The maximum Gasteiger partial charge on any atom is 0.262 e. The Hall–Kier alpha value is -2.94. The maximum atomic E-state index is 12.7. The number of hydrogen-bond donors (Lipinski definition) is 2. The molecule has 0 bridgehead atoms. The van der Waals surface area contributed by atoms with E-state index in [0.29, 0.717) is 33.0 Å². The van der Waals surface area contributed by atoms with Gasteiger partial charge in [-0.25, -0.2) is 4.98 Å². The van der Waals surface area contributed by atoms with E-state index in [1.165, 1.54) is 17.2 Å². The molecule has 0 unspecified atom stereocenters. The number of amides is 2. The molecule has 0 atom stereocenters. The lowest BCUT2D eigenvalue weighted by atomic mass is 10.2. The first-order valence-corrected chi connectivity index (χ1v) is 9.38. The molecule has 0 saturated carbocycles. The first-order valence-electron chi connectivity index (χ1n) is 8.57. The molecule has 3 aromatic rings. The van der Waals surface area contributed by atoms with Gasteiger partial charge in [-0.3, -0.25) is 19.0 Å². The molecule has 0 aliphatic heterocycles. The third kappa shape index (κ3) is 4.08. The zero-order valence-corrected chi connectivity index (χ0v) is 15.9. The number of nitrogens with one attached hydrogen (secondary N) is 2. The minimum absolute atomic E-state index is 0.100. The predicted molar refractivity (Wildman–Crippen MR) is 102 cm³/mol. The number of thiophene rings is 1. The van der Waals surface area contributed by atoms with Crippen molar-refractivity contribution >= 4 is 33.4 Å². The number of carbonyl (C=O) groups is 2. The van der Waals surface area contributed by atoms with Crippen LogP contribution in [0.15, 0.2) is 33.9 Å². The van der Waals surface area contributed by atoms with Crippen molar-refractivity contribution in [1.29, 1.82) is 0 Å². The molecule has 3 rings (SSSR count). The monoisotopic (exact) mass is 388 g/mol. The van der Waals surface area contributed by atoms with Crippen molar-refractivity contribution in [3.63, 3.8) is 0 Å². The lowest BCUT2D eigenvalue weighted by Gasteiger charge is -2.06. The Labute approximate surface area is 159 Å². The summed E-state index contributed by atoms with van der Waals surface area (Å²) in [6, 6.07) is 3.51. The van der Waals surface area contributed by atoms with Gasteiger partial charge in [0, 0.05) is 6.54 Å². The quantitative estimate of drug-likeness (QED) is 0.642. The van der Waals surface area contributed by atoms with Gasteiger partial charge in [0.25, 0.3) is 11.5 Å². The third-order valence-electron chi connectivity index (χ3n) is 4.01. The molecule has 0 aliphatic rings. The Morgan fingerprint density at radius 2 is 2.15 bits per heavy atom. The number of aromatic nitrogens is 2. The predicted octanol–water partition coefficient (Wildman–Crippen LogP) is 1.82. The molecule has 2 N–H and O–H groups in total. The van der Waals surface area contributed by atoms with E-state index in [1.54, 1.807) is 19.1 Å². The van der Waals surface area contributed by atoms with Crippen molar-refractivity contribution in [3.05, 3.63) is 51.3 Å². The molecular formula is C18H20N4O4S. The Balaban J connectivity index is 1.83. The largest absolute Gasteiger partial charge is 0.467 e. The molecule has 9 heteroatoms. The van der Waals surface area contributed by atoms with Gasteiger partial charge in [0.1, 0.15) is 17.1 Å². The zero-order valence-electron chi connectivity index (χ0n) is 15.1. The van der Waals surface area contributed by atoms with E-state index in [2.05, 4.69) is 15.6 Å². The van der Waals surface area contributed by atoms with E-state index in [4.69, 9.17) is 4.42 Å². The smallest absolute Gasteiger partial charge is 0.262 e. The van der Waals surface area contributed by atoms with Gasteiger partial charge in [-0.05, 0) is 31.0 Å². The summed E-state index contributed by atoms with van der Waals surface area (Å²) in [5, 5.41) is 5.87. The molecule has 0 fully saturated rings. The minimum atomic E-state index is -0.328. The number of furan rings is 1. The normalized spacial score (nSPS) is 10.9. The lowest BCUT2D eigenvalue weighted by Crippen LogP contribution is -2.32. The van der Waals surface area contributed by atoms with Crippen LogP contribution in [0.5, 0.6) is 0 Å². The van der Waals surface area contributed by atoms with Crippen LogP contribution in [-0.2, 0) is 17.9 Å². The molecule has 0 saturated heterocycles. The van der Waals surface area contributed by atoms with Crippen LogP contribution in [0.4, 0.5) is 0 Å². The van der Waals surface area contributed by atoms with Gasteiger partial charge in [-0.15, -0.1) is 11.3 Å². The summed E-state index contributed by atoms with van der Waals surface area (Å²) in [5.74, 6) is 0.101. The molecular weight excluding hydrogens is 368 g/mol. The van der Waals surface area contributed by atoms with Gasteiger partial charge in [0.15, 0.2) is 0 Å². The fourth-order valence-corrected chi connectivity index (χ4v) is 3.68. The number of rotatable bonds is 7. The van der Waals surface area contributed by atoms with Crippen LogP contribution in [0.1, 0.15) is 34.3 Å². The van der Waals surface area contributed by atoms with E-state index in [0.717, 1.165) is 17.8 Å². The van der Waals surface area contributed by atoms with Crippen LogP contribution in [0.2, 0.25) is 0 Å². The standard InChI is InChI=1S/C18H20N4O4S/c1-3-6-19-13(23)9-22-10-21-17-14(18(22)25)11(2)15(27-17)16(24)20-8-12-5-4-7-26-12/h4-5,7,10H,3,6,8-9H2,1-2H3,(H,19,23)(H,20,24). The molecule has 3 aromatic heterocycles. The van der Waals surface area contributed by atoms with Gasteiger partial charge in [-0.2, -0.15) is 0 Å². The third-order valence-corrected chi connectivity index (χ3v) is 5.21. The topological polar surface area (TPSA) is 106 Å². The lowest BCUT2D eigenvalue weighted by molar-refractivity contribution is -0.121. The summed E-state index contributed by atoms with van der Waals surface area (Å²) in [6.45, 7) is 4.38. The van der Waals surface area contributed by atoms with E-state index in [9.17, 15) is 14.4 Å². The average molecular weight is 388 g/mol. The van der Waals surface area contributed by atoms with Crippen molar-refractivity contribution in [2.75, 3.05) is 6.54 Å². The van der Waals surface area contributed by atoms with Crippen molar-refractivity contribution in [3.8, 4) is 0 Å². The van der Waals surface area contributed by atoms with Gasteiger partial charge in [0.05, 0.1) is 29.4 Å². The second-order valence-electron chi connectivity index (χ2n) is 6.03. The molecule has 0 aromatic carbocycles. The molecule has 27 heavy (non-hydrogen) atoms. The summed E-state index contributed by atoms with van der Waals surface area (Å²) in [6.07, 6.45) is 3.70. The number of aryl methyl sites for hydroxylation is 1. The van der Waals surface area contributed by atoms with Crippen LogP contribution >= 0.6 is 11.3 Å². The van der Waals surface area contributed by atoms with Gasteiger partial charge in [0.2, 0.25) is 5.91 Å². The molecule has 0 radical (unpaired) electrons. The van der Waals surface area contributed by atoms with Crippen molar-refractivity contribution in [1.82, 2.24) is 20.2 Å². The Bertz CT molecular complexity index is 1020. The SMILES string of the molecule is CCCNC(=O)Cn1cnc2sc(C(=O)NCc3ccco3)c(C)c2c1=O. The fourth-order valence-electron chi connectivity index (χ4n) is 2.62. The minimum Gasteiger partial charge on any atom is -0.467 e. The van der Waals surface area contributed by atoms with Gasteiger partial charge in [-0.1, -0.05) is 6.92 Å². The summed E-state index contributed by atoms with van der Waals surface area (Å²) in [4.78, 5) is 42.3. The first kappa shape index (κ1) is 18.8. The molecule has 2 amide bonds. The van der Waals surface area contributed by atoms with Crippen molar-refractivity contribution in [2.45, 2.75) is 33.4 Å². The second-order valence-corrected chi connectivity index (χ2v) is 7.03. The highest BCUT2D eigenvalue weighted by atomic mass is 32.1. The average Bonchev–Trinajstić information content (AvgIpc) is 3.28. The fraction of sp³-hybridized carbons (Fsp3) is 0.333. The number of carbonyl (C=O) groups excluding carboxylic acids is 2. The highest BCUT2D eigenvalue weighted by Crippen LogP contribution is 2.26. The van der Waals surface area contributed by atoms with Crippen LogP contribution in [0.25, 0.3) is 10.2 Å². The van der Waals surface area contributed by atoms with Crippen LogP contribution in [0, 0.1) is 6.92 Å². The highest BCUT2D eigenvalue weighted by molar-refractivity contribution is 7.20. The van der Waals surface area contributed by atoms with Crippen molar-refractivity contribution in [2.24, 2.45) is 0 Å². The molecule has 0 aliphatic carbocycles. The van der Waals surface area contributed by atoms with E-state index in [1.807, 2.05) is 6.92 Å². The number of hydrogen-bond acceptors (Lipinski definition) is 6. The molecule has 142 valence electrons. The second kappa shape index (κ2) is 8.17. The van der Waals surface area contributed by atoms with Gasteiger partial charge >= 0.3 is 0 Å². The van der Waals surface area contributed by atoms with E-state index in [-0.39, 0.29) is 30.5 Å². The Kier molecular flexibility index (Phi) is 5.70. The molecule has 3 heterocycles. The maximum absolute atomic E-state index is 12.7. The van der Waals surface area contributed by atoms with Gasteiger partial charge < -0.3 is 15.1 Å². The summed E-state index contributed by atoms with van der Waals surface area (Å²) in [7, 11) is 0. The number of nitrogens with zero attached hydrogens (tertiary/aromatic N) is 2. The Morgan fingerprint density at radius 3 is 2.85 bits per heavy atom. The molecule has 8 nitrogen and oxygen atoms in total. The first-order chi connectivity index (χ1) is 13.0.